The third-order valence-corrected chi connectivity index (χ3v) is 6.46. The summed E-state index contributed by atoms with van der Waals surface area (Å²) in [5, 5.41) is 4.29. The zero-order valence-electron chi connectivity index (χ0n) is 15.0. The normalized spacial score (nSPS) is 17.1. The van der Waals surface area contributed by atoms with Gasteiger partial charge in [0.1, 0.15) is 22.1 Å². The van der Waals surface area contributed by atoms with E-state index in [0.29, 0.717) is 32.1 Å². The molecule has 1 aliphatic rings. The minimum absolute atomic E-state index is 0.105. The smallest absolute Gasteiger partial charge is 0.244 e. The molecule has 0 aliphatic carbocycles. The van der Waals surface area contributed by atoms with Crippen molar-refractivity contribution in [3.63, 3.8) is 0 Å². The summed E-state index contributed by atoms with van der Waals surface area (Å²) in [6.07, 6.45) is 1.39. The molecule has 1 aromatic carbocycles. The number of benzene rings is 1. The van der Waals surface area contributed by atoms with Gasteiger partial charge in [-0.25, -0.2) is 13.4 Å². The third-order valence-electron chi connectivity index (χ3n) is 4.58. The standard InChI is InChI=1S/C19H21N3O4S/c1-14(18-12-15-4-2-3-5-17(15)26-18)21-19-7-6-16(13-20-19)27(23,24)22-8-10-25-11-9-22/h2-7,12-14H,8-11H2,1H3,(H,20,21). The molecular formula is C19H21N3O4S. The van der Waals surface area contributed by atoms with E-state index < -0.39 is 10.0 Å². The number of sulfonamides is 1. The van der Waals surface area contributed by atoms with Crippen molar-refractivity contribution in [2.75, 3.05) is 31.6 Å². The fourth-order valence-corrected chi connectivity index (χ4v) is 4.42. The van der Waals surface area contributed by atoms with Gasteiger partial charge in [-0.3, -0.25) is 0 Å². The van der Waals surface area contributed by atoms with Gasteiger partial charge in [0.15, 0.2) is 0 Å². The summed E-state index contributed by atoms with van der Waals surface area (Å²) >= 11 is 0. The Morgan fingerprint density at radius 3 is 2.63 bits per heavy atom. The van der Waals surface area contributed by atoms with Crippen LogP contribution in [0.25, 0.3) is 11.0 Å². The van der Waals surface area contributed by atoms with Crippen molar-refractivity contribution in [3.8, 4) is 0 Å². The van der Waals surface area contributed by atoms with Gasteiger partial charge in [-0.15, -0.1) is 0 Å². The first-order valence-corrected chi connectivity index (χ1v) is 10.3. The molecule has 4 rings (SSSR count). The Kier molecular flexibility index (Phi) is 4.86. The van der Waals surface area contributed by atoms with E-state index in [0.717, 1.165) is 16.7 Å². The van der Waals surface area contributed by atoms with Crippen molar-refractivity contribution in [1.29, 1.82) is 0 Å². The van der Waals surface area contributed by atoms with Crippen LogP contribution in [0.15, 0.2) is 58.0 Å². The zero-order chi connectivity index (χ0) is 18.9. The highest BCUT2D eigenvalue weighted by molar-refractivity contribution is 7.89. The second-order valence-electron chi connectivity index (χ2n) is 6.45. The topological polar surface area (TPSA) is 84.7 Å². The van der Waals surface area contributed by atoms with E-state index in [4.69, 9.17) is 9.15 Å². The number of pyridine rings is 1. The predicted octanol–water partition coefficient (Wildman–Crippen LogP) is 3.02. The Bertz CT molecular complexity index is 992. The number of morpholine rings is 1. The number of rotatable bonds is 5. The van der Waals surface area contributed by atoms with Crippen LogP contribution >= 0.6 is 0 Å². The van der Waals surface area contributed by atoms with E-state index in [-0.39, 0.29) is 10.9 Å². The second-order valence-corrected chi connectivity index (χ2v) is 8.39. The van der Waals surface area contributed by atoms with E-state index in [9.17, 15) is 8.42 Å². The first kappa shape index (κ1) is 18.0. The molecule has 3 heterocycles. The number of ether oxygens (including phenoxy) is 1. The molecule has 1 aliphatic heterocycles. The fourth-order valence-electron chi connectivity index (χ4n) is 3.06. The molecule has 0 amide bonds. The molecule has 1 fully saturated rings. The predicted molar refractivity (Wildman–Crippen MR) is 102 cm³/mol. The summed E-state index contributed by atoms with van der Waals surface area (Å²) in [6.45, 7) is 3.54. The van der Waals surface area contributed by atoms with Crippen LogP contribution in [0.5, 0.6) is 0 Å². The summed E-state index contributed by atoms with van der Waals surface area (Å²) in [4.78, 5) is 4.46. The van der Waals surface area contributed by atoms with Crippen LogP contribution in [0.1, 0.15) is 18.7 Å². The fraction of sp³-hybridized carbons (Fsp3) is 0.316. The Morgan fingerprint density at radius 1 is 1.15 bits per heavy atom. The number of nitrogens with zero attached hydrogens (tertiary/aromatic N) is 2. The van der Waals surface area contributed by atoms with Gasteiger partial charge in [-0.2, -0.15) is 4.31 Å². The molecule has 1 saturated heterocycles. The maximum absolute atomic E-state index is 12.6. The second kappa shape index (κ2) is 7.30. The van der Waals surface area contributed by atoms with Crippen LogP contribution in [0, 0.1) is 0 Å². The van der Waals surface area contributed by atoms with Crippen molar-refractivity contribution in [3.05, 3.63) is 54.4 Å². The molecule has 8 heteroatoms. The number of anilines is 1. The van der Waals surface area contributed by atoms with Crippen LogP contribution in [0.2, 0.25) is 0 Å². The van der Waals surface area contributed by atoms with Gasteiger partial charge in [0.2, 0.25) is 10.0 Å². The Labute approximate surface area is 158 Å². The van der Waals surface area contributed by atoms with Gasteiger partial charge in [-0.1, -0.05) is 18.2 Å². The lowest BCUT2D eigenvalue weighted by molar-refractivity contribution is 0.0730. The van der Waals surface area contributed by atoms with Crippen LogP contribution in [-0.4, -0.2) is 44.0 Å². The molecule has 27 heavy (non-hydrogen) atoms. The van der Waals surface area contributed by atoms with Gasteiger partial charge in [0.25, 0.3) is 0 Å². The number of fused-ring (bicyclic) bond motifs is 1. The first-order valence-electron chi connectivity index (χ1n) is 8.83. The van der Waals surface area contributed by atoms with Gasteiger partial charge >= 0.3 is 0 Å². The lowest BCUT2D eigenvalue weighted by Crippen LogP contribution is -2.40. The minimum Gasteiger partial charge on any atom is -0.459 e. The summed E-state index contributed by atoms with van der Waals surface area (Å²) in [5.41, 5.74) is 0.834. The van der Waals surface area contributed by atoms with Gasteiger partial charge < -0.3 is 14.5 Å². The third kappa shape index (κ3) is 3.69. The number of para-hydroxylation sites is 1. The average Bonchev–Trinajstić information content (AvgIpc) is 3.13. The quantitative estimate of drug-likeness (QED) is 0.724. The molecule has 142 valence electrons. The minimum atomic E-state index is -3.53. The van der Waals surface area contributed by atoms with Crippen molar-refractivity contribution in [1.82, 2.24) is 9.29 Å². The molecule has 0 bridgehead atoms. The molecule has 0 radical (unpaired) electrons. The molecule has 2 aromatic heterocycles. The SMILES string of the molecule is CC(Nc1ccc(S(=O)(=O)N2CCOCC2)cn1)c1cc2ccccc2o1. The molecule has 0 saturated carbocycles. The van der Waals surface area contributed by atoms with Crippen LogP contribution < -0.4 is 5.32 Å². The number of hydrogen-bond donors (Lipinski definition) is 1. The van der Waals surface area contributed by atoms with Crippen LogP contribution in [0.4, 0.5) is 5.82 Å². The molecule has 0 spiro atoms. The van der Waals surface area contributed by atoms with Gasteiger partial charge in [0, 0.05) is 24.7 Å². The van der Waals surface area contributed by atoms with E-state index in [1.807, 2.05) is 37.3 Å². The Morgan fingerprint density at radius 2 is 1.93 bits per heavy atom. The lowest BCUT2D eigenvalue weighted by atomic mass is 10.2. The first-order chi connectivity index (χ1) is 13.0. The maximum atomic E-state index is 12.6. The van der Waals surface area contributed by atoms with Crippen LogP contribution in [0.3, 0.4) is 0 Å². The molecule has 7 nitrogen and oxygen atoms in total. The van der Waals surface area contributed by atoms with E-state index in [1.54, 1.807) is 12.1 Å². The number of furan rings is 1. The number of hydrogen-bond acceptors (Lipinski definition) is 6. The van der Waals surface area contributed by atoms with Crippen molar-refractivity contribution in [2.24, 2.45) is 0 Å². The molecule has 1 N–H and O–H groups in total. The number of nitrogens with one attached hydrogen (secondary N) is 1. The van der Waals surface area contributed by atoms with Crippen molar-refractivity contribution >= 4 is 26.8 Å². The highest BCUT2D eigenvalue weighted by Crippen LogP contribution is 2.26. The largest absolute Gasteiger partial charge is 0.459 e. The lowest BCUT2D eigenvalue weighted by Gasteiger charge is -2.25. The average molecular weight is 387 g/mol. The van der Waals surface area contributed by atoms with Gasteiger partial charge in [-0.05, 0) is 31.2 Å². The molecule has 3 aromatic rings. The summed E-state index contributed by atoms with van der Waals surface area (Å²) in [5.74, 6) is 1.38. The molecule has 1 atom stereocenters. The number of aromatic nitrogens is 1. The summed E-state index contributed by atoms with van der Waals surface area (Å²) < 4.78 is 37.8. The van der Waals surface area contributed by atoms with E-state index >= 15 is 0 Å². The molecular weight excluding hydrogens is 366 g/mol. The van der Waals surface area contributed by atoms with Crippen molar-refractivity contribution in [2.45, 2.75) is 17.9 Å². The zero-order valence-corrected chi connectivity index (χ0v) is 15.8. The van der Waals surface area contributed by atoms with Gasteiger partial charge in [0.05, 0.1) is 19.3 Å². The van der Waals surface area contributed by atoms with E-state index in [1.165, 1.54) is 10.5 Å². The summed E-state index contributed by atoms with van der Waals surface area (Å²) in [6, 6.07) is 13.0. The molecule has 1 unspecified atom stereocenters. The Balaban J connectivity index is 1.48. The Hall–Kier alpha value is -2.42. The highest BCUT2D eigenvalue weighted by atomic mass is 32.2. The van der Waals surface area contributed by atoms with Crippen molar-refractivity contribution < 1.29 is 17.6 Å². The summed E-state index contributed by atoms with van der Waals surface area (Å²) in [7, 11) is -3.53. The van der Waals surface area contributed by atoms with E-state index in [2.05, 4.69) is 10.3 Å². The highest BCUT2D eigenvalue weighted by Gasteiger charge is 2.26. The maximum Gasteiger partial charge on any atom is 0.244 e. The van der Waals surface area contributed by atoms with Crippen LogP contribution in [-0.2, 0) is 14.8 Å². The monoisotopic (exact) mass is 387 g/mol.